The number of rotatable bonds is 2. The summed E-state index contributed by atoms with van der Waals surface area (Å²) in [4.78, 5) is 20.7. The predicted molar refractivity (Wildman–Crippen MR) is 58.7 cm³/mol. The van der Waals surface area contributed by atoms with Crippen molar-refractivity contribution in [2.45, 2.75) is 19.9 Å². The highest BCUT2D eigenvalue weighted by molar-refractivity contribution is 5.34. The maximum absolute atomic E-state index is 11.7. The highest BCUT2D eigenvalue weighted by atomic mass is 16.1. The topological polar surface area (TPSA) is 84.8 Å². The van der Waals surface area contributed by atoms with E-state index in [9.17, 15) is 4.79 Å². The van der Waals surface area contributed by atoms with Crippen LogP contribution >= 0.6 is 0 Å². The van der Waals surface area contributed by atoms with Gasteiger partial charge < -0.3 is 0 Å². The van der Waals surface area contributed by atoms with Crippen molar-refractivity contribution in [3.8, 4) is 6.19 Å². The average Bonchev–Trinajstić information content (AvgIpc) is 2.29. The van der Waals surface area contributed by atoms with Crippen molar-refractivity contribution in [1.82, 2.24) is 14.9 Å². The molecule has 2 rings (SSSR count). The van der Waals surface area contributed by atoms with Crippen LogP contribution in [0.2, 0.25) is 0 Å². The van der Waals surface area contributed by atoms with Crippen molar-refractivity contribution >= 4 is 5.95 Å². The first-order chi connectivity index (χ1) is 7.74. The summed E-state index contributed by atoms with van der Waals surface area (Å²) in [5, 5.41) is 10.8. The van der Waals surface area contributed by atoms with Gasteiger partial charge in [0, 0.05) is 19.5 Å². The molecule has 0 amide bonds. The van der Waals surface area contributed by atoms with Gasteiger partial charge in [-0.3, -0.25) is 20.0 Å². The van der Waals surface area contributed by atoms with Crippen molar-refractivity contribution in [3.63, 3.8) is 0 Å². The first-order valence-electron chi connectivity index (χ1n) is 5.24. The first-order valence-corrected chi connectivity index (χ1v) is 5.24. The van der Waals surface area contributed by atoms with Crippen LogP contribution in [0, 0.1) is 11.5 Å². The van der Waals surface area contributed by atoms with Gasteiger partial charge in [0.2, 0.25) is 5.95 Å². The Kier molecular flexibility index (Phi) is 2.88. The Morgan fingerprint density at radius 2 is 2.50 bits per heavy atom. The summed E-state index contributed by atoms with van der Waals surface area (Å²) in [6.07, 6.45) is 2.50. The predicted octanol–water partition coefficient (Wildman–Crippen LogP) is 0.0409. The zero-order chi connectivity index (χ0) is 11.5. The molecule has 6 heteroatoms. The average molecular weight is 219 g/mol. The number of aromatic nitrogens is 2. The Balaban J connectivity index is 2.37. The molecule has 1 aromatic rings. The lowest BCUT2D eigenvalue weighted by molar-refractivity contribution is 0.264. The summed E-state index contributed by atoms with van der Waals surface area (Å²) in [5.74, 6) is 0.233. The van der Waals surface area contributed by atoms with Gasteiger partial charge in [0.05, 0.1) is 11.3 Å². The minimum absolute atomic E-state index is 0.152. The van der Waals surface area contributed by atoms with Crippen molar-refractivity contribution in [1.29, 1.82) is 5.26 Å². The molecule has 1 aliphatic heterocycles. The van der Waals surface area contributed by atoms with Crippen LogP contribution in [0.3, 0.4) is 0 Å². The van der Waals surface area contributed by atoms with E-state index in [-0.39, 0.29) is 11.5 Å². The summed E-state index contributed by atoms with van der Waals surface area (Å²) < 4.78 is 0. The van der Waals surface area contributed by atoms with Crippen molar-refractivity contribution in [3.05, 3.63) is 21.6 Å². The van der Waals surface area contributed by atoms with Crippen LogP contribution in [-0.4, -0.2) is 28.0 Å². The minimum atomic E-state index is -0.152. The van der Waals surface area contributed by atoms with E-state index in [1.165, 1.54) is 0 Å². The zero-order valence-electron chi connectivity index (χ0n) is 9.08. The lowest BCUT2D eigenvalue weighted by Gasteiger charge is -2.25. The molecule has 0 aromatic carbocycles. The molecule has 0 saturated carbocycles. The summed E-state index contributed by atoms with van der Waals surface area (Å²) in [6, 6.07) is 0. The van der Waals surface area contributed by atoms with Gasteiger partial charge in [-0.15, -0.1) is 0 Å². The quantitative estimate of drug-likeness (QED) is 0.542. The van der Waals surface area contributed by atoms with Crippen molar-refractivity contribution < 1.29 is 0 Å². The maximum atomic E-state index is 11.7. The summed E-state index contributed by atoms with van der Waals surface area (Å²) in [7, 11) is 0. The molecule has 0 radical (unpaired) electrons. The van der Waals surface area contributed by atoms with Gasteiger partial charge in [-0.25, -0.2) is 4.98 Å². The fourth-order valence-electron chi connectivity index (χ4n) is 1.86. The Hall–Kier alpha value is -1.87. The maximum Gasteiger partial charge on any atom is 0.257 e. The number of H-pyrrole nitrogens is 1. The van der Waals surface area contributed by atoms with Gasteiger partial charge in [-0.05, 0) is 6.54 Å². The van der Waals surface area contributed by atoms with Crippen LogP contribution in [0.15, 0.2) is 4.79 Å². The molecule has 0 saturated heterocycles. The Morgan fingerprint density at radius 1 is 1.69 bits per heavy atom. The van der Waals surface area contributed by atoms with Crippen LogP contribution in [-0.2, 0) is 13.0 Å². The van der Waals surface area contributed by atoms with Crippen LogP contribution in [0.25, 0.3) is 0 Å². The van der Waals surface area contributed by atoms with Crippen molar-refractivity contribution in [2.75, 3.05) is 18.4 Å². The van der Waals surface area contributed by atoms with Gasteiger partial charge in [0.25, 0.3) is 5.56 Å². The molecule has 0 bridgehead atoms. The van der Waals surface area contributed by atoms with Crippen molar-refractivity contribution in [2.24, 2.45) is 0 Å². The molecule has 0 aliphatic carbocycles. The van der Waals surface area contributed by atoms with E-state index in [4.69, 9.17) is 5.26 Å². The van der Waals surface area contributed by atoms with Gasteiger partial charge in [-0.1, -0.05) is 6.92 Å². The molecule has 2 heterocycles. The normalized spacial score (nSPS) is 15.2. The Labute approximate surface area is 92.9 Å². The zero-order valence-corrected chi connectivity index (χ0v) is 9.08. The van der Waals surface area contributed by atoms with E-state index in [0.717, 1.165) is 30.8 Å². The SMILES string of the molecule is CCN1CCc2nc(NC#N)[nH]c(=O)c2C1. The van der Waals surface area contributed by atoms with Gasteiger partial charge in [0.1, 0.15) is 0 Å². The first kappa shape index (κ1) is 10.6. The number of anilines is 1. The fourth-order valence-corrected chi connectivity index (χ4v) is 1.86. The highest BCUT2D eigenvalue weighted by Crippen LogP contribution is 2.13. The molecule has 0 atom stereocenters. The van der Waals surface area contributed by atoms with E-state index < -0.39 is 0 Å². The smallest absolute Gasteiger partial charge is 0.257 e. The number of fused-ring (bicyclic) bond motifs is 1. The number of hydrogen-bond acceptors (Lipinski definition) is 5. The molecule has 0 fully saturated rings. The second-order valence-electron chi connectivity index (χ2n) is 3.70. The number of nitriles is 1. The van der Waals surface area contributed by atoms with Gasteiger partial charge in [-0.2, -0.15) is 5.26 Å². The number of likely N-dealkylation sites (N-methyl/N-ethyl adjacent to an activating group) is 1. The molecule has 1 aliphatic rings. The van der Waals surface area contributed by atoms with E-state index in [1.54, 1.807) is 6.19 Å². The Morgan fingerprint density at radius 3 is 3.19 bits per heavy atom. The monoisotopic (exact) mass is 219 g/mol. The molecule has 16 heavy (non-hydrogen) atoms. The molecule has 2 N–H and O–H groups in total. The molecule has 1 aromatic heterocycles. The van der Waals surface area contributed by atoms with E-state index >= 15 is 0 Å². The number of nitrogens with one attached hydrogen (secondary N) is 2. The summed E-state index contributed by atoms with van der Waals surface area (Å²) in [5.41, 5.74) is 1.36. The summed E-state index contributed by atoms with van der Waals surface area (Å²) >= 11 is 0. The number of aromatic amines is 1. The lowest BCUT2D eigenvalue weighted by Crippen LogP contribution is -2.35. The van der Waals surface area contributed by atoms with Crippen LogP contribution in [0.5, 0.6) is 0 Å². The molecule has 84 valence electrons. The Bertz CT molecular complexity index is 487. The van der Waals surface area contributed by atoms with E-state index in [0.29, 0.717) is 6.54 Å². The molecule has 0 spiro atoms. The lowest BCUT2D eigenvalue weighted by atomic mass is 10.1. The third-order valence-electron chi connectivity index (χ3n) is 2.77. The third-order valence-corrected chi connectivity index (χ3v) is 2.77. The largest absolute Gasteiger partial charge is 0.299 e. The van der Waals surface area contributed by atoms with E-state index in [2.05, 4.69) is 27.1 Å². The minimum Gasteiger partial charge on any atom is -0.299 e. The molecular formula is C10H13N5O. The van der Waals surface area contributed by atoms with Crippen LogP contribution < -0.4 is 10.9 Å². The van der Waals surface area contributed by atoms with Crippen LogP contribution in [0.4, 0.5) is 5.95 Å². The molecule has 0 unspecified atom stereocenters. The molecular weight excluding hydrogens is 206 g/mol. The number of nitrogens with zero attached hydrogens (tertiary/aromatic N) is 3. The summed E-state index contributed by atoms with van der Waals surface area (Å²) in [6.45, 7) is 4.54. The third kappa shape index (κ3) is 1.90. The second-order valence-corrected chi connectivity index (χ2v) is 3.70. The van der Waals surface area contributed by atoms with Gasteiger partial charge in [0.15, 0.2) is 6.19 Å². The second kappa shape index (κ2) is 4.33. The fraction of sp³-hybridized carbons (Fsp3) is 0.500. The van der Waals surface area contributed by atoms with Crippen LogP contribution in [0.1, 0.15) is 18.2 Å². The number of hydrogen-bond donors (Lipinski definition) is 2. The highest BCUT2D eigenvalue weighted by Gasteiger charge is 2.19. The van der Waals surface area contributed by atoms with E-state index in [1.807, 2.05) is 0 Å². The van der Waals surface area contributed by atoms with Gasteiger partial charge >= 0.3 is 0 Å². The molecule has 6 nitrogen and oxygen atoms in total. The standard InChI is InChI=1S/C10H13N5O/c1-2-15-4-3-8-7(5-15)9(16)14-10(13-8)12-6-11/h2-5H2,1H3,(H2,12,13,14,16).